The molecular weight excluding hydrogens is 355 g/mol. The predicted molar refractivity (Wildman–Crippen MR) is 111 cm³/mol. The highest BCUT2D eigenvalue weighted by Crippen LogP contribution is 2.22. The van der Waals surface area contributed by atoms with Gasteiger partial charge in [-0.15, -0.1) is 0 Å². The average Bonchev–Trinajstić information content (AvgIpc) is 2.74. The molecule has 1 fully saturated rings. The van der Waals surface area contributed by atoms with Gasteiger partial charge in [-0.1, -0.05) is 42.5 Å². The maximum absolute atomic E-state index is 13.8. The fourth-order valence-electron chi connectivity index (χ4n) is 3.48. The molecule has 0 aliphatic carbocycles. The molecule has 6 heteroatoms. The lowest BCUT2D eigenvalue weighted by Crippen LogP contribution is -2.46. The molecule has 2 aromatic carbocycles. The third-order valence-corrected chi connectivity index (χ3v) is 5.06. The normalized spacial score (nSPS) is 17.8. The molecule has 0 radical (unpaired) electrons. The third-order valence-electron chi connectivity index (χ3n) is 5.06. The minimum Gasteiger partial charge on any atom is -0.379 e. The van der Waals surface area contributed by atoms with Gasteiger partial charge in [0.05, 0.1) is 25.3 Å². The van der Waals surface area contributed by atoms with Crippen LogP contribution in [0.3, 0.4) is 0 Å². The van der Waals surface area contributed by atoms with E-state index in [0.717, 1.165) is 24.6 Å². The van der Waals surface area contributed by atoms with Gasteiger partial charge < -0.3 is 15.4 Å². The molecule has 1 saturated heterocycles. The van der Waals surface area contributed by atoms with Gasteiger partial charge in [-0.2, -0.15) is 0 Å². The summed E-state index contributed by atoms with van der Waals surface area (Å²) in [7, 11) is 1.76. The molecule has 2 unspecified atom stereocenters. The predicted octanol–water partition coefficient (Wildman–Crippen LogP) is 3.13. The van der Waals surface area contributed by atoms with Crippen LogP contribution in [-0.2, 0) is 4.74 Å². The van der Waals surface area contributed by atoms with E-state index in [0.29, 0.717) is 19.8 Å². The summed E-state index contributed by atoms with van der Waals surface area (Å²) in [5, 5.41) is 6.85. The summed E-state index contributed by atoms with van der Waals surface area (Å²) < 4.78 is 19.3. The van der Waals surface area contributed by atoms with Gasteiger partial charge in [0.2, 0.25) is 0 Å². The van der Waals surface area contributed by atoms with Crippen molar-refractivity contribution in [3.63, 3.8) is 0 Å². The molecule has 3 rings (SSSR count). The first-order valence-corrected chi connectivity index (χ1v) is 9.77. The molecule has 2 atom stereocenters. The maximum Gasteiger partial charge on any atom is 0.191 e. The lowest BCUT2D eigenvalue weighted by Gasteiger charge is -2.35. The van der Waals surface area contributed by atoms with Crippen molar-refractivity contribution in [2.24, 2.45) is 4.99 Å². The molecule has 0 saturated carbocycles. The Morgan fingerprint density at radius 3 is 2.50 bits per heavy atom. The van der Waals surface area contributed by atoms with E-state index in [1.54, 1.807) is 19.2 Å². The lowest BCUT2D eigenvalue weighted by molar-refractivity contribution is 0.0169. The quantitative estimate of drug-likeness (QED) is 0.594. The summed E-state index contributed by atoms with van der Waals surface area (Å²) in [5.74, 6) is 0.516. The van der Waals surface area contributed by atoms with Crippen LogP contribution in [0, 0.1) is 5.82 Å². The van der Waals surface area contributed by atoms with Crippen LogP contribution in [0.1, 0.15) is 30.1 Å². The zero-order valence-corrected chi connectivity index (χ0v) is 16.6. The van der Waals surface area contributed by atoms with Gasteiger partial charge in [-0.3, -0.25) is 9.89 Å². The number of aliphatic imine (C=N–C) groups is 1. The van der Waals surface area contributed by atoms with E-state index in [-0.39, 0.29) is 17.9 Å². The molecule has 1 aliphatic rings. The Labute approximate surface area is 166 Å². The van der Waals surface area contributed by atoms with Crippen LogP contribution in [-0.4, -0.2) is 50.8 Å². The third kappa shape index (κ3) is 5.53. The summed E-state index contributed by atoms with van der Waals surface area (Å²) >= 11 is 0. The number of nitrogens with one attached hydrogen (secondary N) is 2. The molecule has 1 aliphatic heterocycles. The van der Waals surface area contributed by atoms with Gasteiger partial charge >= 0.3 is 0 Å². The van der Waals surface area contributed by atoms with E-state index < -0.39 is 0 Å². The second kappa shape index (κ2) is 10.2. The number of ether oxygens (including phenoxy) is 1. The number of guanidine groups is 1. The molecule has 0 spiro atoms. The summed E-state index contributed by atoms with van der Waals surface area (Å²) in [6.45, 7) is 5.79. The largest absolute Gasteiger partial charge is 0.379 e. The number of halogens is 1. The molecule has 2 aromatic rings. The Bertz CT molecular complexity index is 762. The highest BCUT2D eigenvalue weighted by molar-refractivity contribution is 5.80. The van der Waals surface area contributed by atoms with Crippen molar-refractivity contribution >= 4 is 5.96 Å². The Morgan fingerprint density at radius 2 is 1.82 bits per heavy atom. The van der Waals surface area contributed by atoms with Crippen molar-refractivity contribution in [1.29, 1.82) is 0 Å². The second-order valence-electron chi connectivity index (χ2n) is 6.95. The van der Waals surface area contributed by atoms with Gasteiger partial charge in [0.15, 0.2) is 5.96 Å². The molecule has 150 valence electrons. The second-order valence-corrected chi connectivity index (χ2v) is 6.95. The molecule has 2 N–H and O–H groups in total. The topological polar surface area (TPSA) is 48.9 Å². The van der Waals surface area contributed by atoms with Crippen molar-refractivity contribution in [3.05, 3.63) is 71.5 Å². The van der Waals surface area contributed by atoms with Crippen LogP contribution in [0.2, 0.25) is 0 Å². The van der Waals surface area contributed by atoms with E-state index in [9.17, 15) is 4.39 Å². The highest BCUT2D eigenvalue weighted by Gasteiger charge is 2.23. The van der Waals surface area contributed by atoms with E-state index in [4.69, 9.17) is 4.74 Å². The van der Waals surface area contributed by atoms with E-state index in [1.165, 1.54) is 11.6 Å². The van der Waals surface area contributed by atoms with Crippen LogP contribution in [0.25, 0.3) is 0 Å². The zero-order chi connectivity index (χ0) is 19.8. The van der Waals surface area contributed by atoms with Gasteiger partial charge in [-0.25, -0.2) is 4.39 Å². The highest BCUT2D eigenvalue weighted by atomic mass is 19.1. The van der Waals surface area contributed by atoms with Crippen LogP contribution in [0.15, 0.2) is 59.6 Å². The van der Waals surface area contributed by atoms with Gasteiger partial charge in [0.25, 0.3) is 0 Å². The van der Waals surface area contributed by atoms with Crippen LogP contribution >= 0.6 is 0 Å². The SMILES string of the molecule is CN=C(NCC(c1cccc(F)c1)N1CCOCC1)NC(C)c1ccccc1. The number of hydrogen-bond donors (Lipinski definition) is 2. The number of nitrogens with zero attached hydrogens (tertiary/aromatic N) is 2. The number of hydrogen-bond acceptors (Lipinski definition) is 3. The van der Waals surface area contributed by atoms with E-state index >= 15 is 0 Å². The molecule has 0 bridgehead atoms. The fourth-order valence-corrected chi connectivity index (χ4v) is 3.48. The lowest BCUT2D eigenvalue weighted by atomic mass is 10.0. The average molecular weight is 384 g/mol. The maximum atomic E-state index is 13.8. The minimum atomic E-state index is -0.212. The summed E-state index contributed by atoms with van der Waals surface area (Å²) in [4.78, 5) is 6.69. The molecule has 0 aromatic heterocycles. The molecule has 1 heterocycles. The van der Waals surface area contributed by atoms with Gasteiger partial charge in [0, 0.05) is 26.7 Å². The smallest absolute Gasteiger partial charge is 0.191 e. The number of rotatable bonds is 6. The molecule has 0 amide bonds. The van der Waals surface area contributed by atoms with Gasteiger partial charge in [0.1, 0.15) is 5.82 Å². The monoisotopic (exact) mass is 384 g/mol. The van der Waals surface area contributed by atoms with Crippen molar-refractivity contribution in [1.82, 2.24) is 15.5 Å². The van der Waals surface area contributed by atoms with Crippen molar-refractivity contribution in [2.45, 2.75) is 19.0 Å². The van der Waals surface area contributed by atoms with Crippen LogP contribution < -0.4 is 10.6 Å². The van der Waals surface area contributed by atoms with E-state index in [2.05, 4.69) is 39.6 Å². The Hall–Kier alpha value is -2.44. The molecule has 5 nitrogen and oxygen atoms in total. The van der Waals surface area contributed by atoms with Crippen molar-refractivity contribution < 1.29 is 9.13 Å². The van der Waals surface area contributed by atoms with Crippen LogP contribution in [0.5, 0.6) is 0 Å². The van der Waals surface area contributed by atoms with Crippen molar-refractivity contribution in [3.8, 4) is 0 Å². The molecular formula is C22H29FN4O. The first kappa shape index (κ1) is 20.3. The minimum absolute atomic E-state index is 0.0465. The zero-order valence-electron chi connectivity index (χ0n) is 16.6. The van der Waals surface area contributed by atoms with E-state index in [1.807, 2.05) is 24.3 Å². The summed E-state index contributed by atoms with van der Waals surface area (Å²) in [6.07, 6.45) is 0. The molecule has 28 heavy (non-hydrogen) atoms. The Kier molecular flexibility index (Phi) is 7.39. The first-order valence-electron chi connectivity index (χ1n) is 9.77. The first-order chi connectivity index (χ1) is 13.7. The Balaban J connectivity index is 1.67. The number of morpholine rings is 1. The van der Waals surface area contributed by atoms with Gasteiger partial charge in [-0.05, 0) is 30.2 Å². The standard InChI is InChI=1S/C22H29FN4O/c1-17(18-7-4-3-5-8-18)26-22(24-2)25-16-21(27-11-13-28-14-12-27)19-9-6-10-20(23)15-19/h3-10,15,17,21H,11-14,16H2,1-2H3,(H2,24,25,26). The summed E-state index contributed by atoms with van der Waals surface area (Å²) in [5.41, 5.74) is 2.15. The Morgan fingerprint density at radius 1 is 1.11 bits per heavy atom. The van der Waals surface area contributed by atoms with Crippen molar-refractivity contribution in [2.75, 3.05) is 39.9 Å². The van der Waals surface area contributed by atoms with Crippen LogP contribution in [0.4, 0.5) is 4.39 Å². The fraction of sp³-hybridized carbons (Fsp3) is 0.409. The number of benzene rings is 2. The summed E-state index contributed by atoms with van der Waals surface area (Å²) in [6, 6.07) is 17.3.